The molecule has 1 heterocycles. The van der Waals surface area contributed by atoms with Crippen LogP contribution in [0.1, 0.15) is 28.1 Å². The molecule has 0 spiro atoms. The van der Waals surface area contributed by atoms with E-state index >= 15 is 8.78 Å². The number of hydrogen-bond acceptors (Lipinski definition) is 11. The number of halogens is 7. The van der Waals surface area contributed by atoms with Gasteiger partial charge in [0.05, 0.1) is 26.4 Å². The predicted molar refractivity (Wildman–Crippen MR) is 164 cm³/mol. The zero-order valence-electron chi connectivity index (χ0n) is 24.5. The average Bonchev–Trinajstić information content (AvgIpc) is 3.49. The van der Waals surface area contributed by atoms with Gasteiger partial charge in [0.25, 0.3) is 8.38 Å². The highest BCUT2D eigenvalue weighted by atomic mass is 32.2. The minimum atomic E-state index is -3.75. The topological polar surface area (TPSA) is 97.4 Å². The van der Waals surface area contributed by atoms with Gasteiger partial charge in [-0.25, -0.2) is 18.0 Å². The monoisotopic (exact) mass is 750 g/mol. The Morgan fingerprint density at radius 1 is 0.766 bits per heavy atom. The van der Waals surface area contributed by atoms with Crippen LogP contribution in [0.2, 0.25) is 0 Å². The Labute approximate surface area is 277 Å². The second kappa shape index (κ2) is 18.5. The third-order valence-corrected chi connectivity index (χ3v) is 10.2. The molecule has 0 saturated heterocycles. The zero-order valence-corrected chi connectivity index (χ0v) is 27.9. The van der Waals surface area contributed by atoms with Crippen LogP contribution in [0, 0.1) is 29.1 Å². The van der Waals surface area contributed by atoms with Crippen molar-refractivity contribution in [3.63, 3.8) is 0 Å². The SMILES string of the molecule is COCCC(=O)SCCOP(OCCSC(=O)CCOC)C(F)(F)c1ccc2sc(C(=O)Oc3c(F)c(F)c(F)c(F)c3F)cc2c1. The third kappa shape index (κ3) is 10.6. The highest BCUT2D eigenvalue weighted by molar-refractivity contribution is 8.13. The number of carbonyl (C=O) groups excluding carboxylic acids is 3. The van der Waals surface area contributed by atoms with E-state index in [0.717, 1.165) is 41.7 Å². The Hall–Kier alpha value is -2.31. The van der Waals surface area contributed by atoms with Gasteiger partial charge in [0, 0.05) is 48.8 Å². The van der Waals surface area contributed by atoms with Gasteiger partial charge in [0.1, 0.15) is 4.88 Å². The molecule has 0 saturated carbocycles. The molecule has 47 heavy (non-hydrogen) atoms. The highest BCUT2D eigenvalue weighted by Gasteiger charge is 2.45. The number of carbonyl (C=O) groups is 3. The van der Waals surface area contributed by atoms with Crippen molar-refractivity contribution in [2.24, 2.45) is 0 Å². The minimum absolute atomic E-state index is 0.0448. The number of thiophene rings is 1. The fourth-order valence-electron chi connectivity index (χ4n) is 3.52. The summed E-state index contributed by atoms with van der Waals surface area (Å²) in [6.45, 7) is -0.163. The summed E-state index contributed by atoms with van der Waals surface area (Å²) in [5.74, 6) is -15.0. The fraction of sp³-hybridized carbons (Fsp3) is 0.393. The van der Waals surface area contributed by atoms with E-state index < -0.39 is 60.4 Å². The number of methoxy groups -OCH3 is 2. The van der Waals surface area contributed by atoms with Crippen molar-refractivity contribution in [1.82, 2.24) is 0 Å². The van der Waals surface area contributed by atoms with E-state index in [-0.39, 0.29) is 76.0 Å². The van der Waals surface area contributed by atoms with Crippen LogP contribution in [0.3, 0.4) is 0 Å². The number of thioether (sulfide) groups is 2. The van der Waals surface area contributed by atoms with Crippen molar-refractivity contribution >= 4 is 69.5 Å². The zero-order chi connectivity index (χ0) is 34.7. The van der Waals surface area contributed by atoms with Crippen molar-refractivity contribution in [2.75, 3.05) is 52.2 Å². The van der Waals surface area contributed by atoms with Gasteiger partial charge in [-0.2, -0.15) is 17.6 Å². The summed E-state index contributed by atoms with van der Waals surface area (Å²) in [5, 5.41) is -0.392. The summed E-state index contributed by atoms with van der Waals surface area (Å²) in [6, 6.07) is 4.31. The highest BCUT2D eigenvalue weighted by Crippen LogP contribution is 2.60. The van der Waals surface area contributed by atoms with E-state index in [1.165, 1.54) is 20.3 Å². The summed E-state index contributed by atoms with van der Waals surface area (Å²) < 4.78 is 125. The lowest BCUT2D eigenvalue weighted by Gasteiger charge is -2.26. The van der Waals surface area contributed by atoms with Gasteiger partial charge in [-0.1, -0.05) is 29.6 Å². The second-order valence-electron chi connectivity index (χ2n) is 9.04. The van der Waals surface area contributed by atoms with Crippen LogP contribution in [-0.4, -0.2) is 68.4 Å². The van der Waals surface area contributed by atoms with Gasteiger partial charge < -0.3 is 23.3 Å². The number of rotatable bonds is 18. The van der Waals surface area contributed by atoms with Crippen LogP contribution in [0.5, 0.6) is 5.75 Å². The van der Waals surface area contributed by atoms with E-state index in [4.69, 9.17) is 18.5 Å². The van der Waals surface area contributed by atoms with E-state index in [1.807, 2.05) is 0 Å². The molecular weight excluding hydrogens is 724 g/mol. The van der Waals surface area contributed by atoms with Crippen molar-refractivity contribution in [3.8, 4) is 5.75 Å². The molecule has 3 rings (SSSR count). The first-order chi connectivity index (χ1) is 22.3. The van der Waals surface area contributed by atoms with Crippen LogP contribution >= 0.6 is 43.2 Å². The molecule has 2 aromatic carbocycles. The molecule has 0 amide bonds. The smallest absolute Gasteiger partial charge is 0.353 e. The Morgan fingerprint density at radius 2 is 1.28 bits per heavy atom. The molecule has 0 aliphatic rings. The Kier molecular flexibility index (Phi) is 15.4. The third-order valence-electron chi connectivity index (χ3n) is 5.79. The van der Waals surface area contributed by atoms with Gasteiger partial charge in [0.15, 0.2) is 10.2 Å². The molecule has 19 heteroatoms. The van der Waals surface area contributed by atoms with E-state index in [2.05, 4.69) is 4.74 Å². The average molecular weight is 751 g/mol. The lowest BCUT2D eigenvalue weighted by Crippen LogP contribution is -2.16. The van der Waals surface area contributed by atoms with Crippen molar-refractivity contribution < 1.29 is 68.4 Å². The largest absolute Gasteiger partial charge is 0.416 e. The van der Waals surface area contributed by atoms with Crippen molar-refractivity contribution in [2.45, 2.75) is 18.5 Å². The fourth-order valence-corrected chi connectivity index (χ4v) is 7.19. The maximum absolute atomic E-state index is 15.8. The van der Waals surface area contributed by atoms with Gasteiger partial charge >= 0.3 is 11.6 Å². The molecule has 8 nitrogen and oxygen atoms in total. The van der Waals surface area contributed by atoms with E-state index in [9.17, 15) is 36.3 Å². The molecule has 3 aromatic rings. The molecule has 0 atom stereocenters. The minimum Gasteiger partial charge on any atom is -0.416 e. The number of benzene rings is 2. The summed E-state index contributed by atoms with van der Waals surface area (Å²) in [5.41, 5.74) is -4.35. The van der Waals surface area contributed by atoms with Crippen LogP contribution in [0.4, 0.5) is 30.7 Å². The summed E-state index contributed by atoms with van der Waals surface area (Å²) in [4.78, 5) is 35.9. The van der Waals surface area contributed by atoms with Crippen LogP contribution in [0.25, 0.3) is 10.1 Å². The summed E-state index contributed by atoms with van der Waals surface area (Å²) in [7, 11) is -0.123. The first-order valence-corrected chi connectivity index (χ1v) is 17.3. The Bertz CT molecular complexity index is 1520. The summed E-state index contributed by atoms with van der Waals surface area (Å²) >= 11 is 2.40. The Balaban J connectivity index is 1.78. The van der Waals surface area contributed by atoms with Gasteiger partial charge in [-0.15, -0.1) is 11.3 Å². The first-order valence-electron chi connectivity index (χ1n) is 13.3. The lowest BCUT2D eigenvalue weighted by atomic mass is 10.1. The quantitative estimate of drug-likeness (QED) is 0.0244. The molecule has 0 unspecified atom stereocenters. The normalized spacial score (nSPS) is 11.9. The predicted octanol–water partition coefficient (Wildman–Crippen LogP) is 7.80. The number of fused-ring (bicyclic) bond motifs is 1. The van der Waals surface area contributed by atoms with Crippen molar-refractivity contribution in [1.29, 1.82) is 0 Å². The second-order valence-corrected chi connectivity index (χ2v) is 14.0. The van der Waals surface area contributed by atoms with Gasteiger partial charge in [-0.3, -0.25) is 9.59 Å². The van der Waals surface area contributed by atoms with Crippen LogP contribution in [0.15, 0.2) is 24.3 Å². The number of esters is 1. The molecule has 0 aliphatic carbocycles. The van der Waals surface area contributed by atoms with Crippen LogP contribution < -0.4 is 4.74 Å². The molecule has 1 aromatic heterocycles. The molecule has 0 aliphatic heterocycles. The van der Waals surface area contributed by atoms with E-state index in [0.29, 0.717) is 11.3 Å². The number of hydrogen-bond donors (Lipinski definition) is 0. The molecule has 258 valence electrons. The van der Waals surface area contributed by atoms with Crippen LogP contribution in [-0.2, 0) is 33.8 Å². The van der Waals surface area contributed by atoms with Crippen molar-refractivity contribution in [3.05, 3.63) is 63.8 Å². The molecule has 0 fully saturated rings. The Morgan fingerprint density at radius 3 is 1.79 bits per heavy atom. The standard InChI is InChI=1S/C28H26F7O8PS3/c1-39-7-5-19(36)45-11-9-41-44(42-10-12-46-20(37)6-8-40-2)28(34,35)16-3-4-17-15(13-16)14-18(47-17)27(38)43-26-24(32)22(30)21(29)23(31)25(26)33/h3-4,13-14H,5-12H2,1-2H3. The number of ether oxygens (including phenoxy) is 3. The number of alkyl halides is 2. The molecule has 0 N–H and O–H groups in total. The maximum atomic E-state index is 15.8. The maximum Gasteiger partial charge on any atom is 0.353 e. The lowest BCUT2D eigenvalue weighted by molar-refractivity contribution is -0.112. The molecule has 0 radical (unpaired) electrons. The van der Waals surface area contributed by atoms with Gasteiger partial charge in [-0.05, 0) is 23.6 Å². The van der Waals surface area contributed by atoms with Gasteiger partial charge in [0.2, 0.25) is 34.8 Å². The van der Waals surface area contributed by atoms with E-state index in [1.54, 1.807) is 0 Å². The molecule has 0 bridgehead atoms. The molecular formula is C28H26F7O8PS3. The first kappa shape index (κ1) is 39.1. The summed E-state index contributed by atoms with van der Waals surface area (Å²) in [6.07, 6.45) is 0.239.